The fourth-order valence-corrected chi connectivity index (χ4v) is 2.16. The third-order valence-electron chi connectivity index (χ3n) is 3.06. The highest BCUT2D eigenvalue weighted by Gasteiger charge is 2.08. The Morgan fingerprint density at radius 1 is 1.16 bits per heavy atom. The zero-order valence-electron chi connectivity index (χ0n) is 10.6. The molecule has 0 bridgehead atoms. The average Bonchev–Trinajstić information content (AvgIpc) is 2.83. The smallest absolute Gasteiger partial charge is 0.123 e. The highest BCUT2D eigenvalue weighted by atomic mass is 19.1. The number of anilines is 1. The number of rotatable bonds is 3. The third-order valence-corrected chi connectivity index (χ3v) is 3.06. The van der Waals surface area contributed by atoms with Crippen molar-refractivity contribution in [3.8, 4) is 11.3 Å². The molecule has 2 aromatic carbocycles. The Balaban J connectivity index is 2.12. The molecular formula is C15H14FN3. The topological polar surface area (TPSA) is 40.7 Å². The van der Waals surface area contributed by atoms with Gasteiger partial charge >= 0.3 is 0 Å². The maximum atomic E-state index is 13.0. The van der Waals surface area contributed by atoms with Crippen LogP contribution in [0.3, 0.4) is 0 Å². The van der Waals surface area contributed by atoms with Crippen LogP contribution in [0.15, 0.2) is 42.5 Å². The van der Waals surface area contributed by atoms with Crippen LogP contribution in [-0.4, -0.2) is 16.7 Å². The summed E-state index contributed by atoms with van der Waals surface area (Å²) in [6.45, 7) is 2.93. The molecule has 3 aromatic rings. The molecule has 1 aromatic heterocycles. The monoisotopic (exact) mass is 255 g/mol. The standard InChI is InChI=1S/C15H14FN3/c1-2-17-12-7-8-14-13(9-12)15(19-18-14)10-3-5-11(16)6-4-10/h3-9,17H,2H2,1H3,(H,18,19). The molecule has 0 aliphatic rings. The van der Waals surface area contributed by atoms with Crippen LogP contribution in [0.4, 0.5) is 10.1 Å². The van der Waals surface area contributed by atoms with Crippen molar-refractivity contribution in [2.75, 3.05) is 11.9 Å². The maximum absolute atomic E-state index is 13.0. The van der Waals surface area contributed by atoms with Crippen LogP contribution >= 0.6 is 0 Å². The number of nitrogens with one attached hydrogen (secondary N) is 2. The molecule has 96 valence electrons. The summed E-state index contributed by atoms with van der Waals surface area (Å²) in [7, 11) is 0. The van der Waals surface area contributed by atoms with E-state index in [2.05, 4.69) is 28.5 Å². The molecule has 0 unspecified atom stereocenters. The first kappa shape index (κ1) is 11.7. The molecule has 0 saturated heterocycles. The zero-order chi connectivity index (χ0) is 13.2. The van der Waals surface area contributed by atoms with Crippen molar-refractivity contribution >= 4 is 16.6 Å². The highest BCUT2D eigenvalue weighted by Crippen LogP contribution is 2.28. The number of H-pyrrole nitrogens is 1. The van der Waals surface area contributed by atoms with E-state index < -0.39 is 0 Å². The van der Waals surface area contributed by atoms with E-state index in [0.717, 1.165) is 34.4 Å². The van der Waals surface area contributed by atoms with Gasteiger partial charge in [-0.25, -0.2) is 4.39 Å². The van der Waals surface area contributed by atoms with E-state index in [4.69, 9.17) is 0 Å². The minimum absolute atomic E-state index is 0.239. The van der Waals surface area contributed by atoms with Crippen molar-refractivity contribution in [1.82, 2.24) is 10.2 Å². The van der Waals surface area contributed by atoms with Crippen molar-refractivity contribution in [2.45, 2.75) is 6.92 Å². The predicted octanol–water partition coefficient (Wildman–Crippen LogP) is 3.80. The summed E-state index contributed by atoms with van der Waals surface area (Å²) in [5.74, 6) is -0.239. The highest BCUT2D eigenvalue weighted by molar-refractivity contribution is 5.94. The summed E-state index contributed by atoms with van der Waals surface area (Å²) >= 11 is 0. The second kappa shape index (κ2) is 4.72. The number of hydrogen-bond donors (Lipinski definition) is 2. The van der Waals surface area contributed by atoms with Gasteiger partial charge < -0.3 is 5.32 Å². The Morgan fingerprint density at radius 2 is 1.95 bits per heavy atom. The van der Waals surface area contributed by atoms with E-state index in [-0.39, 0.29) is 5.82 Å². The summed E-state index contributed by atoms with van der Waals surface area (Å²) in [6, 6.07) is 12.4. The fraction of sp³-hybridized carbons (Fsp3) is 0.133. The van der Waals surface area contributed by atoms with Gasteiger partial charge in [0.25, 0.3) is 0 Å². The molecule has 0 radical (unpaired) electrons. The largest absolute Gasteiger partial charge is 0.385 e. The van der Waals surface area contributed by atoms with E-state index in [1.165, 1.54) is 12.1 Å². The number of fused-ring (bicyclic) bond motifs is 1. The van der Waals surface area contributed by atoms with E-state index in [0.29, 0.717) is 0 Å². The Morgan fingerprint density at radius 3 is 2.68 bits per heavy atom. The van der Waals surface area contributed by atoms with Gasteiger partial charge in [0.2, 0.25) is 0 Å². The third kappa shape index (κ3) is 2.17. The lowest BCUT2D eigenvalue weighted by atomic mass is 10.1. The summed E-state index contributed by atoms with van der Waals surface area (Å²) in [6.07, 6.45) is 0. The predicted molar refractivity (Wildman–Crippen MR) is 75.7 cm³/mol. The lowest BCUT2D eigenvalue weighted by Gasteiger charge is -2.03. The number of benzene rings is 2. The number of hydrogen-bond acceptors (Lipinski definition) is 2. The number of aromatic amines is 1. The van der Waals surface area contributed by atoms with Crippen LogP contribution in [-0.2, 0) is 0 Å². The van der Waals surface area contributed by atoms with E-state index in [1.807, 2.05) is 12.1 Å². The lowest BCUT2D eigenvalue weighted by molar-refractivity contribution is 0.628. The van der Waals surface area contributed by atoms with Crippen LogP contribution < -0.4 is 5.32 Å². The quantitative estimate of drug-likeness (QED) is 0.747. The van der Waals surface area contributed by atoms with Gasteiger partial charge in [-0.3, -0.25) is 5.10 Å². The number of halogens is 1. The van der Waals surface area contributed by atoms with Crippen LogP contribution in [0, 0.1) is 5.82 Å². The SMILES string of the molecule is CCNc1ccc2[nH]nc(-c3ccc(F)cc3)c2c1. The first-order valence-corrected chi connectivity index (χ1v) is 6.26. The van der Waals surface area contributed by atoms with Crippen LogP contribution in [0.1, 0.15) is 6.92 Å². The van der Waals surface area contributed by atoms with Gasteiger partial charge in [-0.05, 0) is 49.4 Å². The van der Waals surface area contributed by atoms with Crippen LogP contribution in [0.2, 0.25) is 0 Å². The summed E-state index contributed by atoms with van der Waals surface area (Å²) < 4.78 is 13.0. The Labute approximate surface area is 110 Å². The minimum atomic E-state index is -0.239. The molecule has 19 heavy (non-hydrogen) atoms. The molecule has 1 heterocycles. The molecule has 3 nitrogen and oxygen atoms in total. The minimum Gasteiger partial charge on any atom is -0.385 e. The molecule has 2 N–H and O–H groups in total. The van der Waals surface area contributed by atoms with E-state index >= 15 is 0 Å². The Bertz CT molecular complexity index is 701. The fourth-order valence-electron chi connectivity index (χ4n) is 2.16. The summed E-state index contributed by atoms with van der Waals surface area (Å²) in [5.41, 5.74) is 3.77. The zero-order valence-corrected chi connectivity index (χ0v) is 10.6. The van der Waals surface area contributed by atoms with Crippen molar-refractivity contribution in [2.24, 2.45) is 0 Å². The van der Waals surface area contributed by atoms with Crippen molar-refractivity contribution in [1.29, 1.82) is 0 Å². The molecule has 4 heteroatoms. The second-order valence-corrected chi connectivity index (χ2v) is 4.37. The second-order valence-electron chi connectivity index (χ2n) is 4.37. The van der Waals surface area contributed by atoms with Crippen LogP contribution in [0.25, 0.3) is 22.2 Å². The van der Waals surface area contributed by atoms with Crippen molar-refractivity contribution in [3.05, 3.63) is 48.3 Å². The van der Waals surface area contributed by atoms with E-state index in [1.54, 1.807) is 12.1 Å². The molecular weight excluding hydrogens is 241 g/mol. The maximum Gasteiger partial charge on any atom is 0.123 e. The Kier molecular flexibility index (Phi) is 2.91. The molecule has 0 spiro atoms. The summed E-state index contributed by atoms with van der Waals surface area (Å²) in [4.78, 5) is 0. The normalized spacial score (nSPS) is 10.8. The van der Waals surface area contributed by atoms with Gasteiger partial charge in [-0.1, -0.05) is 0 Å². The molecule has 0 amide bonds. The van der Waals surface area contributed by atoms with Gasteiger partial charge in [0.05, 0.1) is 11.2 Å². The van der Waals surface area contributed by atoms with Gasteiger partial charge in [-0.15, -0.1) is 0 Å². The Hall–Kier alpha value is -2.36. The molecule has 0 fully saturated rings. The molecule has 0 atom stereocenters. The molecule has 0 saturated carbocycles. The van der Waals surface area contributed by atoms with Gasteiger partial charge in [0.1, 0.15) is 5.82 Å². The lowest BCUT2D eigenvalue weighted by Crippen LogP contribution is -1.95. The molecule has 3 rings (SSSR count). The summed E-state index contributed by atoms with van der Waals surface area (Å²) in [5, 5.41) is 11.6. The number of nitrogens with zero attached hydrogens (tertiary/aromatic N) is 1. The first-order valence-electron chi connectivity index (χ1n) is 6.26. The van der Waals surface area contributed by atoms with Gasteiger partial charge in [0.15, 0.2) is 0 Å². The van der Waals surface area contributed by atoms with Crippen molar-refractivity contribution in [3.63, 3.8) is 0 Å². The first-order chi connectivity index (χ1) is 9.28. The molecule has 0 aliphatic heterocycles. The van der Waals surface area contributed by atoms with Crippen molar-refractivity contribution < 1.29 is 4.39 Å². The van der Waals surface area contributed by atoms with Gasteiger partial charge in [-0.2, -0.15) is 5.10 Å². The van der Waals surface area contributed by atoms with Crippen LogP contribution in [0.5, 0.6) is 0 Å². The molecule has 0 aliphatic carbocycles. The average molecular weight is 255 g/mol. The van der Waals surface area contributed by atoms with E-state index in [9.17, 15) is 4.39 Å². The number of aromatic nitrogens is 2. The van der Waals surface area contributed by atoms with Gasteiger partial charge in [0, 0.05) is 23.2 Å².